The molecule has 1 heteroatoms. The molecule has 0 radical (unpaired) electrons. The molecular formula is C9H13N. The van der Waals surface area contributed by atoms with Crippen LogP contribution in [0.2, 0.25) is 0 Å². The van der Waals surface area contributed by atoms with Crippen LogP contribution in [-0.2, 0) is 0 Å². The third-order valence-electron chi connectivity index (χ3n) is 1.76. The topological polar surface area (TPSA) is 12.4 Å². The molecule has 0 heterocycles. The van der Waals surface area contributed by atoms with Gasteiger partial charge in [0.05, 0.1) is 0 Å². The molecular weight excluding hydrogens is 122 g/mol. The molecule has 54 valence electrons. The molecule has 0 spiro atoms. The largest absolute Gasteiger partial charge is 0.266 e. The van der Waals surface area contributed by atoms with Gasteiger partial charge in [0, 0.05) is 11.9 Å². The van der Waals surface area contributed by atoms with Gasteiger partial charge < -0.3 is 0 Å². The van der Waals surface area contributed by atoms with Crippen molar-refractivity contribution in [3.8, 4) is 0 Å². The fraction of sp³-hybridized carbons (Fsp3) is 0.444. The van der Waals surface area contributed by atoms with Crippen molar-refractivity contribution in [1.29, 1.82) is 0 Å². The molecule has 0 bridgehead atoms. The second-order valence-electron chi connectivity index (χ2n) is 2.42. The monoisotopic (exact) mass is 135 g/mol. The Bertz CT molecular complexity index is 187. The molecule has 0 atom stereocenters. The lowest BCUT2D eigenvalue weighted by Crippen LogP contribution is -1.75. The lowest BCUT2D eigenvalue weighted by Gasteiger charge is -1.92. The van der Waals surface area contributed by atoms with Crippen LogP contribution in [0.5, 0.6) is 0 Å². The van der Waals surface area contributed by atoms with Crippen LogP contribution in [0.25, 0.3) is 0 Å². The highest BCUT2D eigenvalue weighted by atomic mass is 14.7. The second-order valence-corrected chi connectivity index (χ2v) is 2.42. The van der Waals surface area contributed by atoms with E-state index in [1.54, 1.807) is 0 Å². The van der Waals surface area contributed by atoms with Crippen LogP contribution < -0.4 is 0 Å². The Hall–Kier alpha value is -0.850. The number of hydrogen-bond donors (Lipinski definition) is 0. The van der Waals surface area contributed by atoms with Crippen LogP contribution >= 0.6 is 0 Å². The van der Waals surface area contributed by atoms with E-state index in [-0.39, 0.29) is 0 Å². The summed E-state index contributed by atoms with van der Waals surface area (Å²) in [6.07, 6.45) is 7.31. The highest BCUT2D eigenvalue weighted by Gasteiger charge is 2.09. The zero-order chi connectivity index (χ0) is 7.40. The molecule has 0 aromatic heterocycles. The van der Waals surface area contributed by atoms with Gasteiger partial charge in [0.25, 0.3) is 0 Å². The minimum Gasteiger partial charge on any atom is -0.266 e. The second kappa shape index (κ2) is 3.35. The Morgan fingerprint density at radius 2 is 2.30 bits per heavy atom. The van der Waals surface area contributed by atoms with E-state index in [0.717, 1.165) is 12.8 Å². The summed E-state index contributed by atoms with van der Waals surface area (Å²) in [5, 5.41) is 0. The van der Waals surface area contributed by atoms with E-state index in [1.807, 2.05) is 19.2 Å². The van der Waals surface area contributed by atoms with Gasteiger partial charge in [0.2, 0.25) is 0 Å². The number of hydrogen-bond acceptors (Lipinski definition) is 1. The van der Waals surface area contributed by atoms with Gasteiger partial charge in [-0.25, -0.2) is 0 Å². The first kappa shape index (κ1) is 7.26. The normalized spacial score (nSPS) is 18.9. The third kappa shape index (κ3) is 1.35. The maximum atomic E-state index is 4.26. The van der Waals surface area contributed by atoms with E-state index in [0.29, 0.717) is 0 Å². The Morgan fingerprint density at radius 1 is 1.50 bits per heavy atom. The number of allylic oxidation sites excluding steroid dienone is 3. The van der Waals surface area contributed by atoms with Crippen molar-refractivity contribution >= 4 is 6.21 Å². The van der Waals surface area contributed by atoms with Gasteiger partial charge in [-0.05, 0) is 31.8 Å². The van der Waals surface area contributed by atoms with Gasteiger partial charge in [-0.1, -0.05) is 12.7 Å². The van der Waals surface area contributed by atoms with Crippen LogP contribution in [0.1, 0.15) is 26.2 Å². The molecule has 0 aromatic carbocycles. The van der Waals surface area contributed by atoms with Gasteiger partial charge in [-0.3, -0.25) is 4.99 Å². The molecule has 0 unspecified atom stereocenters. The van der Waals surface area contributed by atoms with Crippen molar-refractivity contribution in [3.05, 3.63) is 23.9 Å². The first-order chi connectivity index (χ1) is 4.88. The fourth-order valence-electron chi connectivity index (χ4n) is 1.27. The lowest BCUT2D eigenvalue weighted by molar-refractivity contribution is 0.894. The zero-order valence-corrected chi connectivity index (χ0v) is 6.43. The molecule has 1 rings (SSSR count). The van der Waals surface area contributed by atoms with E-state index in [2.05, 4.69) is 11.6 Å². The Labute approximate surface area is 62.2 Å². The molecule has 10 heavy (non-hydrogen) atoms. The predicted molar refractivity (Wildman–Crippen MR) is 45.2 cm³/mol. The van der Waals surface area contributed by atoms with Gasteiger partial charge in [-0.15, -0.1) is 0 Å². The third-order valence-corrected chi connectivity index (χ3v) is 1.76. The average molecular weight is 135 g/mol. The van der Waals surface area contributed by atoms with Crippen molar-refractivity contribution < 1.29 is 0 Å². The maximum absolute atomic E-state index is 4.26. The minimum absolute atomic E-state index is 1.13. The highest BCUT2D eigenvalue weighted by Crippen LogP contribution is 2.26. The summed E-state index contributed by atoms with van der Waals surface area (Å²) in [5.74, 6) is 0. The van der Waals surface area contributed by atoms with E-state index >= 15 is 0 Å². The standard InChI is InChI=1S/C9H13N/c1-3-8-6-5-7-9(8)10-4-2/h3-4H,1,5-7H2,2H3. The molecule has 0 aromatic rings. The van der Waals surface area contributed by atoms with Gasteiger partial charge in [0.1, 0.15) is 0 Å². The van der Waals surface area contributed by atoms with Gasteiger partial charge >= 0.3 is 0 Å². The summed E-state index contributed by atoms with van der Waals surface area (Å²) >= 11 is 0. The molecule has 1 aliphatic rings. The zero-order valence-electron chi connectivity index (χ0n) is 6.43. The van der Waals surface area contributed by atoms with Crippen molar-refractivity contribution in [1.82, 2.24) is 0 Å². The lowest BCUT2D eigenvalue weighted by atomic mass is 10.2. The van der Waals surface area contributed by atoms with Crippen molar-refractivity contribution in [2.24, 2.45) is 4.99 Å². The molecule has 0 amide bonds. The molecule has 1 nitrogen and oxygen atoms in total. The van der Waals surface area contributed by atoms with E-state index < -0.39 is 0 Å². The first-order valence-electron chi connectivity index (χ1n) is 3.71. The molecule has 0 aliphatic heterocycles. The van der Waals surface area contributed by atoms with E-state index in [9.17, 15) is 0 Å². The summed E-state index contributed by atoms with van der Waals surface area (Å²) < 4.78 is 0. The molecule has 0 saturated heterocycles. The van der Waals surface area contributed by atoms with Crippen LogP contribution in [0.15, 0.2) is 28.9 Å². The average Bonchev–Trinajstić information content (AvgIpc) is 2.36. The van der Waals surface area contributed by atoms with Crippen molar-refractivity contribution in [2.75, 3.05) is 0 Å². The van der Waals surface area contributed by atoms with Crippen molar-refractivity contribution in [3.63, 3.8) is 0 Å². The fourth-order valence-corrected chi connectivity index (χ4v) is 1.27. The predicted octanol–water partition coefficient (Wildman–Crippen LogP) is 2.70. The molecule has 1 aliphatic carbocycles. The van der Waals surface area contributed by atoms with Gasteiger partial charge in [0.15, 0.2) is 0 Å². The van der Waals surface area contributed by atoms with Crippen LogP contribution in [0.4, 0.5) is 0 Å². The Morgan fingerprint density at radius 3 is 2.90 bits per heavy atom. The van der Waals surface area contributed by atoms with Crippen molar-refractivity contribution in [2.45, 2.75) is 26.2 Å². The summed E-state index contributed by atoms with van der Waals surface area (Å²) in [7, 11) is 0. The van der Waals surface area contributed by atoms with Crippen LogP contribution in [0, 0.1) is 0 Å². The van der Waals surface area contributed by atoms with Crippen LogP contribution in [-0.4, -0.2) is 6.21 Å². The number of rotatable bonds is 2. The quantitative estimate of drug-likeness (QED) is 0.516. The molecule has 0 N–H and O–H groups in total. The van der Waals surface area contributed by atoms with Gasteiger partial charge in [-0.2, -0.15) is 0 Å². The summed E-state index contributed by atoms with van der Waals surface area (Å²) in [4.78, 5) is 4.26. The molecule has 0 fully saturated rings. The minimum atomic E-state index is 1.13. The summed E-state index contributed by atoms with van der Waals surface area (Å²) in [5.41, 5.74) is 2.57. The van der Waals surface area contributed by atoms with E-state index in [4.69, 9.17) is 0 Å². The Balaban J connectivity index is 2.77. The number of nitrogens with zero attached hydrogens (tertiary/aromatic N) is 1. The van der Waals surface area contributed by atoms with E-state index in [1.165, 1.54) is 17.7 Å². The number of aliphatic imine (C=N–C) groups is 1. The highest BCUT2D eigenvalue weighted by molar-refractivity contribution is 5.56. The Kier molecular flexibility index (Phi) is 2.43. The summed E-state index contributed by atoms with van der Waals surface area (Å²) in [6, 6.07) is 0. The SMILES string of the molecule is C=CC1=C(N=CC)CCC1. The van der Waals surface area contributed by atoms with Crippen LogP contribution in [0.3, 0.4) is 0 Å². The molecule has 0 saturated carbocycles. The first-order valence-corrected chi connectivity index (χ1v) is 3.71. The summed E-state index contributed by atoms with van der Waals surface area (Å²) in [6.45, 7) is 5.69. The maximum Gasteiger partial charge on any atom is 0.0431 e. The smallest absolute Gasteiger partial charge is 0.0431 e.